The number of carbonyl (C=O) groups is 2. The van der Waals surface area contributed by atoms with E-state index in [1.807, 2.05) is 25.3 Å². The Hall–Kier alpha value is -3.82. The van der Waals surface area contributed by atoms with E-state index in [-0.39, 0.29) is 18.4 Å². The fraction of sp³-hybridized carbons (Fsp3) is 0.441. The number of fused-ring (bicyclic) bond motifs is 3. The van der Waals surface area contributed by atoms with Crippen molar-refractivity contribution < 1.29 is 19.4 Å². The van der Waals surface area contributed by atoms with Crippen LogP contribution >= 0.6 is 11.6 Å². The number of ether oxygens (including phenoxy) is 1. The van der Waals surface area contributed by atoms with Crippen LogP contribution in [-0.4, -0.2) is 56.1 Å². The predicted molar refractivity (Wildman–Crippen MR) is 167 cm³/mol. The van der Waals surface area contributed by atoms with Gasteiger partial charge in [-0.1, -0.05) is 29.3 Å². The maximum atomic E-state index is 13.6. The molecule has 1 unspecified atom stereocenters. The molecule has 44 heavy (non-hydrogen) atoms. The number of aliphatic carboxylic acids is 1. The number of aromatic nitrogens is 3. The van der Waals surface area contributed by atoms with Gasteiger partial charge in [0.05, 0.1) is 18.5 Å². The first-order valence-corrected chi connectivity index (χ1v) is 15.8. The lowest BCUT2D eigenvalue weighted by molar-refractivity contribution is -0.153. The molecule has 1 N–H and O–H groups in total. The van der Waals surface area contributed by atoms with Gasteiger partial charge in [0.25, 0.3) is 5.56 Å². The number of carboxylic acid groups (broad SMARTS) is 1. The molecule has 1 aromatic carbocycles. The van der Waals surface area contributed by atoms with Crippen molar-refractivity contribution in [2.24, 2.45) is 0 Å². The van der Waals surface area contributed by atoms with Gasteiger partial charge >= 0.3 is 11.9 Å². The zero-order chi connectivity index (χ0) is 30.8. The van der Waals surface area contributed by atoms with Gasteiger partial charge in [0.2, 0.25) is 0 Å². The molecule has 230 valence electrons. The molecule has 9 nitrogen and oxygen atoms in total. The number of aryl methyl sites for hydroxylation is 3. The number of likely N-dealkylation sites (tertiary alicyclic amines) is 1. The lowest BCUT2D eigenvalue weighted by Gasteiger charge is -2.31. The molecule has 2 aromatic heterocycles. The van der Waals surface area contributed by atoms with E-state index in [1.165, 1.54) is 27.8 Å². The summed E-state index contributed by atoms with van der Waals surface area (Å²) in [5, 5.41) is 9.62. The molecule has 3 aromatic rings. The molecule has 2 aliphatic heterocycles. The topological polar surface area (TPSA) is 115 Å². The Morgan fingerprint density at radius 1 is 1.07 bits per heavy atom. The molecule has 0 saturated carbocycles. The van der Waals surface area contributed by atoms with Crippen molar-refractivity contribution in [1.82, 2.24) is 19.4 Å². The van der Waals surface area contributed by atoms with Crippen LogP contribution in [0.2, 0.25) is 5.02 Å². The minimum Gasteiger partial charge on any atom is -0.481 e. The largest absolute Gasteiger partial charge is 0.481 e. The van der Waals surface area contributed by atoms with Crippen LogP contribution in [0.4, 0.5) is 0 Å². The molecule has 1 saturated heterocycles. The fourth-order valence-electron chi connectivity index (χ4n) is 6.77. The minimum atomic E-state index is -1.05. The third kappa shape index (κ3) is 6.35. The van der Waals surface area contributed by atoms with Gasteiger partial charge in [0, 0.05) is 54.2 Å². The van der Waals surface area contributed by atoms with Gasteiger partial charge in [0.15, 0.2) is 11.9 Å². The number of hydrogen-bond acceptors (Lipinski definition) is 7. The van der Waals surface area contributed by atoms with Crippen LogP contribution in [0.1, 0.15) is 84.1 Å². The van der Waals surface area contributed by atoms with Crippen LogP contribution in [0.3, 0.4) is 0 Å². The third-order valence-corrected chi connectivity index (χ3v) is 9.31. The van der Waals surface area contributed by atoms with Crippen molar-refractivity contribution in [3.8, 4) is 0 Å². The lowest BCUT2D eigenvalue weighted by atomic mass is 9.88. The molecule has 0 bridgehead atoms. The average Bonchev–Trinajstić information content (AvgIpc) is 3.17. The Labute approximate surface area is 261 Å². The molecular formula is C34H37ClN4O5. The van der Waals surface area contributed by atoms with E-state index in [4.69, 9.17) is 31.4 Å². The molecule has 6 rings (SSSR count). The van der Waals surface area contributed by atoms with Gasteiger partial charge in [-0.2, -0.15) is 0 Å². The number of pyridine rings is 1. The standard InChI is InChI=1S/C34H37ClN4O5/c1-21-26(34(43)39-16-3-5-28(33(39)37-21)44-30(42)11-10-29(40)41)14-19-38-17-12-22(13-18-38)31-27-9-8-25(35)20-24(27)7-6-23-4-2-15-36-32(23)31/h2,4,8-9,15,20,28H,3,5-7,10-14,16-19H2,1H3,(H,40,41). The summed E-state index contributed by atoms with van der Waals surface area (Å²) >= 11 is 6.38. The second kappa shape index (κ2) is 13.0. The van der Waals surface area contributed by atoms with E-state index in [0.717, 1.165) is 56.0 Å². The van der Waals surface area contributed by atoms with Gasteiger partial charge in [-0.05, 0) is 86.8 Å². The quantitative estimate of drug-likeness (QED) is 0.366. The summed E-state index contributed by atoms with van der Waals surface area (Å²) in [6.07, 6.45) is 6.35. The van der Waals surface area contributed by atoms with Crippen molar-refractivity contribution in [3.63, 3.8) is 0 Å². The van der Waals surface area contributed by atoms with Crippen LogP contribution in [0.15, 0.2) is 46.9 Å². The van der Waals surface area contributed by atoms with E-state index in [0.29, 0.717) is 42.9 Å². The number of benzene rings is 1. The SMILES string of the molecule is Cc1nc2n(c(=O)c1CCN1CCC(=C3c4ccc(Cl)cc4CCc4cccnc43)CC1)CCCC2OC(=O)CCC(=O)O. The molecule has 1 fully saturated rings. The zero-order valence-corrected chi connectivity index (χ0v) is 25.7. The van der Waals surface area contributed by atoms with Crippen molar-refractivity contribution in [2.45, 2.75) is 77.4 Å². The molecule has 10 heteroatoms. The van der Waals surface area contributed by atoms with Crippen molar-refractivity contribution in [1.29, 1.82) is 0 Å². The second-order valence-corrected chi connectivity index (χ2v) is 12.3. The molecule has 1 atom stereocenters. The smallest absolute Gasteiger partial charge is 0.307 e. The van der Waals surface area contributed by atoms with E-state index in [9.17, 15) is 14.4 Å². The Morgan fingerprint density at radius 3 is 2.66 bits per heavy atom. The number of nitrogens with zero attached hydrogens (tertiary/aromatic N) is 4. The Balaban J connectivity index is 1.16. The van der Waals surface area contributed by atoms with Gasteiger partial charge in [-0.25, -0.2) is 4.98 Å². The van der Waals surface area contributed by atoms with Crippen molar-refractivity contribution in [3.05, 3.63) is 96.9 Å². The Bertz CT molecular complexity index is 1690. The summed E-state index contributed by atoms with van der Waals surface area (Å²) in [4.78, 5) is 48.6. The van der Waals surface area contributed by atoms with Gasteiger partial charge < -0.3 is 14.7 Å². The predicted octanol–water partition coefficient (Wildman–Crippen LogP) is 5.08. The molecule has 3 aliphatic rings. The Kier molecular flexibility index (Phi) is 8.96. The number of rotatable bonds is 7. The summed E-state index contributed by atoms with van der Waals surface area (Å²) in [6, 6.07) is 10.4. The normalized spacial score (nSPS) is 18.2. The van der Waals surface area contributed by atoms with Crippen LogP contribution in [-0.2, 0) is 40.1 Å². The zero-order valence-electron chi connectivity index (χ0n) is 25.0. The maximum absolute atomic E-state index is 13.6. The van der Waals surface area contributed by atoms with Crippen LogP contribution < -0.4 is 5.56 Å². The number of esters is 1. The highest BCUT2D eigenvalue weighted by Gasteiger charge is 2.29. The third-order valence-electron chi connectivity index (χ3n) is 9.07. The summed E-state index contributed by atoms with van der Waals surface area (Å²) in [6.45, 7) is 4.93. The summed E-state index contributed by atoms with van der Waals surface area (Å²) in [5.41, 5.74) is 8.84. The molecule has 0 spiro atoms. The lowest BCUT2D eigenvalue weighted by Crippen LogP contribution is -2.37. The van der Waals surface area contributed by atoms with Crippen LogP contribution in [0.25, 0.3) is 5.57 Å². The van der Waals surface area contributed by atoms with Crippen molar-refractivity contribution >= 4 is 29.1 Å². The highest BCUT2D eigenvalue weighted by Crippen LogP contribution is 2.38. The van der Waals surface area contributed by atoms with E-state index < -0.39 is 18.0 Å². The molecule has 0 radical (unpaired) electrons. The summed E-state index contributed by atoms with van der Waals surface area (Å²) in [7, 11) is 0. The highest BCUT2D eigenvalue weighted by atomic mass is 35.5. The minimum absolute atomic E-state index is 0.0741. The number of halogens is 1. The van der Waals surface area contributed by atoms with E-state index >= 15 is 0 Å². The second-order valence-electron chi connectivity index (χ2n) is 11.9. The summed E-state index contributed by atoms with van der Waals surface area (Å²) < 4.78 is 7.18. The highest BCUT2D eigenvalue weighted by molar-refractivity contribution is 6.30. The molecule has 1 aliphatic carbocycles. The number of carboxylic acids is 1. The van der Waals surface area contributed by atoms with Crippen LogP contribution in [0.5, 0.6) is 0 Å². The first-order valence-electron chi connectivity index (χ1n) is 15.5. The monoisotopic (exact) mass is 616 g/mol. The Morgan fingerprint density at radius 2 is 1.86 bits per heavy atom. The number of carbonyl (C=O) groups excluding carboxylic acids is 1. The van der Waals surface area contributed by atoms with Gasteiger partial charge in [-0.15, -0.1) is 0 Å². The number of hydrogen-bond donors (Lipinski definition) is 1. The van der Waals surface area contributed by atoms with E-state index in [1.54, 1.807) is 4.57 Å². The fourth-order valence-corrected chi connectivity index (χ4v) is 6.97. The van der Waals surface area contributed by atoms with Crippen LogP contribution in [0, 0.1) is 6.92 Å². The molecular weight excluding hydrogens is 580 g/mol. The first kappa shape index (κ1) is 30.2. The van der Waals surface area contributed by atoms with Gasteiger partial charge in [-0.3, -0.25) is 23.9 Å². The molecule has 0 amide bonds. The average molecular weight is 617 g/mol. The molecule has 4 heterocycles. The maximum Gasteiger partial charge on any atom is 0.307 e. The number of piperidine rings is 1. The first-order chi connectivity index (χ1) is 21.3. The van der Waals surface area contributed by atoms with Gasteiger partial charge in [0.1, 0.15) is 0 Å². The summed E-state index contributed by atoms with van der Waals surface area (Å²) in [5.74, 6) is -1.18. The van der Waals surface area contributed by atoms with Crippen molar-refractivity contribution in [2.75, 3.05) is 19.6 Å². The van der Waals surface area contributed by atoms with E-state index in [2.05, 4.69) is 23.1 Å².